The van der Waals surface area contributed by atoms with Gasteiger partial charge in [0.25, 0.3) is 10.0 Å². The highest BCUT2D eigenvalue weighted by Gasteiger charge is 2.15. The molecule has 0 spiro atoms. The minimum atomic E-state index is -3.67. The van der Waals surface area contributed by atoms with E-state index in [1.165, 1.54) is 18.3 Å². The summed E-state index contributed by atoms with van der Waals surface area (Å²) in [5.74, 6) is 1.19. The Kier molecular flexibility index (Phi) is 3.97. The molecular weight excluding hydrogens is 304 g/mol. The SMILES string of the molecule is O=S(=O)(N/N=C\c1cccc2c1OCCO2)c1ccccc1. The Labute approximate surface area is 128 Å². The van der Waals surface area contributed by atoms with Crippen molar-refractivity contribution >= 4 is 16.2 Å². The van der Waals surface area contributed by atoms with E-state index in [1.807, 2.05) is 0 Å². The summed E-state index contributed by atoms with van der Waals surface area (Å²) in [6.07, 6.45) is 1.40. The summed E-state index contributed by atoms with van der Waals surface area (Å²) < 4.78 is 35.0. The number of nitrogens with zero attached hydrogens (tertiary/aromatic N) is 1. The van der Waals surface area contributed by atoms with Crippen molar-refractivity contribution in [2.45, 2.75) is 4.90 Å². The van der Waals surface area contributed by atoms with Gasteiger partial charge in [-0.05, 0) is 24.3 Å². The Morgan fingerprint density at radius 1 is 1.00 bits per heavy atom. The number of hydrogen-bond acceptors (Lipinski definition) is 5. The number of rotatable bonds is 4. The third kappa shape index (κ3) is 3.04. The maximum Gasteiger partial charge on any atom is 0.276 e. The molecule has 3 rings (SSSR count). The molecule has 2 aromatic rings. The first-order chi connectivity index (χ1) is 10.7. The predicted octanol–water partition coefficient (Wildman–Crippen LogP) is 1.77. The van der Waals surface area contributed by atoms with E-state index in [0.29, 0.717) is 30.3 Å². The van der Waals surface area contributed by atoms with E-state index in [1.54, 1.807) is 36.4 Å². The number of hydrazone groups is 1. The second-order valence-electron chi connectivity index (χ2n) is 4.54. The molecule has 0 unspecified atom stereocenters. The highest BCUT2D eigenvalue weighted by Crippen LogP contribution is 2.32. The summed E-state index contributed by atoms with van der Waals surface area (Å²) >= 11 is 0. The average molecular weight is 318 g/mol. The molecule has 7 heteroatoms. The first-order valence-corrected chi connectivity index (χ1v) is 8.14. The quantitative estimate of drug-likeness (QED) is 0.688. The molecule has 1 aliphatic rings. The van der Waals surface area contributed by atoms with Crippen molar-refractivity contribution in [3.63, 3.8) is 0 Å². The summed E-state index contributed by atoms with van der Waals surface area (Å²) in [6.45, 7) is 0.946. The summed E-state index contributed by atoms with van der Waals surface area (Å²) in [5.41, 5.74) is 0.646. The minimum absolute atomic E-state index is 0.154. The molecule has 0 aliphatic carbocycles. The second-order valence-corrected chi connectivity index (χ2v) is 6.20. The highest BCUT2D eigenvalue weighted by molar-refractivity contribution is 7.89. The molecule has 0 amide bonds. The van der Waals surface area contributed by atoms with E-state index >= 15 is 0 Å². The third-order valence-corrected chi connectivity index (χ3v) is 4.27. The van der Waals surface area contributed by atoms with Crippen LogP contribution in [0.2, 0.25) is 0 Å². The summed E-state index contributed by atoms with van der Waals surface area (Å²) in [7, 11) is -3.67. The number of sulfonamides is 1. The van der Waals surface area contributed by atoms with Gasteiger partial charge in [0.1, 0.15) is 13.2 Å². The average Bonchev–Trinajstić information content (AvgIpc) is 2.56. The van der Waals surface area contributed by atoms with Crippen LogP contribution in [-0.4, -0.2) is 27.8 Å². The van der Waals surface area contributed by atoms with Gasteiger partial charge in [0, 0.05) is 5.56 Å². The van der Waals surface area contributed by atoms with Crippen molar-refractivity contribution in [3.05, 3.63) is 54.1 Å². The van der Waals surface area contributed by atoms with E-state index in [9.17, 15) is 8.42 Å². The monoisotopic (exact) mass is 318 g/mol. The van der Waals surface area contributed by atoms with E-state index < -0.39 is 10.0 Å². The van der Waals surface area contributed by atoms with Crippen molar-refractivity contribution in [3.8, 4) is 11.5 Å². The van der Waals surface area contributed by atoms with Crippen LogP contribution < -0.4 is 14.3 Å². The highest BCUT2D eigenvalue weighted by atomic mass is 32.2. The normalized spacial score (nSPS) is 14.0. The van der Waals surface area contributed by atoms with Gasteiger partial charge in [-0.15, -0.1) is 0 Å². The maximum absolute atomic E-state index is 12.0. The van der Waals surface area contributed by atoms with Crippen LogP contribution >= 0.6 is 0 Å². The second kappa shape index (κ2) is 6.07. The Morgan fingerprint density at radius 3 is 2.59 bits per heavy atom. The molecule has 1 N–H and O–H groups in total. The fourth-order valence-corrected chi connectivity index (χ4v) is 2.83. The van der Waals surface area contributed by atoms with Gasteiger partial charge < -0.3 is 9.47 Å². The molecule has 0 saturated carbocycles. The molecule has 1 aliphatic heterocycles. The van der Waals surface area contributed by atoms with Gasteiger partial charge in [-0.3, -0.25) is 0 Å². The van der Waals surface area contributed by atoms with Gasteiger partial charge >= 0.3 is 0 Å². The molecule has 0 saturated heterocycles. The fraction of sp³-hybridized carbons (Fsp3) is 0.133. The van der Waals surface area contributed by atoms with Crippen molar-refractivity contribution in [1.29, 1.82) is 0 Å². The van der Waals surface area contributed by atoms with Gasteiger partial charge in [0.05, 0.1) is 11.1 Å². The third-order valence-electron chi connectivity index (χ3n) is 3.03. The number of benzene rings is 2. The van der Waals surface area contributed by atoms with Crippen molar-refractivity contribution in [2.75, 3.05) is 13.2 Å². The number of fused-ring (bicyclic) bond motifs is 1. The molecule has 0 aromatic heterocycles. The lowest BCUT2D eigenvalue weighted by atomic mass is 10.2. The summed E-state index contributed by atoms with van der Waals surface area (Å²) in [5, 5.41) is 3.80. The fourth-order valence-electron chi connectivity index (χ4n) is 2.02. The molecule has 0 fully saturated rings. The molecule has 0 atom stereocenters. The Morgan fingerprint density at radius 2 is 1.77 bits per heavy atom. The van der Waals surface area contributed by atoms with E-state index in [-0.39, 0.29) is 4.90 Å². The molecule has 1 heterocycles. The lowest BCUT2D eigenvalue weighted by Crippen LogP contribution is -2.19. The lowest BCUT2D eigenvalue weighted by Gasteiger charge is -2.19. The predicted molar refractivity (Wildman–Crippen MR) is 81.8 cm³/mol. The summed E-state index contributed by atoms with van der Waals surface area (Å²) in [6, 6.07) is 13.4. The molecule has 0 radical (unpaired) electrons. The van der Waals surface area contributed by atoms with Gasteiger partial charge in [-0.25, -0.2) is 4.83 Å². The number of hydrogen-bond donors (Lipinski definition) is 1. The van der Waals surface area contributed by atoms with Gasteiger partial charge in [0.2, 0.25) is 0 Å². The van der Waals surface area contributed by atoms with Crippen LogP contribution in [0.1, 0.15) is 5.56 Å². The number of nitrogens with one attached hydrogen (secondary N) is 1. The van der Waals surface area contributed by atoms with Crippen LogP contribution in [0.15, 0.2) is 58.5 Å². The molecule has 22 heavy (non-hydrogen) atoms. The van der Waals surface area contributed by atoms with Crippen molar-refractivity contribution in [1.82, 2.24) is 4.83 Å². The molecular formula is C15H14N2O4S. The van der Waals surface area contributed by atoms with E-state index in [2.05, 4.69) is 9.93 Å². The minimum Gasteiger partial charge on any atom is -0.486 e. The first-order valence-electron chi connectivity index (χ1n) is 6.65. The van der Waals surface area contributed by atoms with Crippen LogP contribution in [0.4, 0.5) is 0 Å². The smallest absolute Gasteiger partial charge is 0.276 e. The Bertz CT molecular complexity index is 788. The zero-order valence-corrected chi connectivity index (χ0v) is 12.4. The van der Waals surface area contributed by atoms with Crippen molar-refractivity contribution < 1.29 is 17.9 Å². The number of para-hydroxylation sites is 1. The first kappa shape index (κ1) is 14.4. The zero-order chi connectivity index (χ0) is 15.4. The molecule has 2 aromatic carbocycles. The van der Waals surface area contributed by atoms with Gasteiger partial charge in [-0.2, -0.15) is 13.5 Å². The van der Waals surface area contributed by atoms with Crippen LogP contribution in [0.5, 0.6) is 11.5 Å². The largest absolute Gasteiger partial charge is 0.486 e. The number of ether oxygens (including phenoxy) is 2. The van der Waals surface area contributed by atoms with Gasteiger partial charge in [0.15, 0.2) is 11.5 Å². The Balaban J connectivity index is 1.78. The van der Waals surface area contributed by atoms with E-state index in [4.69, 9.17) is 9.47 Å². The maximum atomic E-state index is 12.0. The van der Waals surface area contributed by atoms with Crippen molar-refractivity contribution in [2.24, 2.45) is 5.10 Å². The molecule has 6 nitrogen and oxygen atoms in total. The lowest BCUT2D eigenvalue weighted by molar-refractivity contribution is 0.171. The van der Waals surface area contributed by atoms with Crippen LogP contribution in [0.3, 0.4) is 0 Å². The zero-order valence-electron chi connectivity index (χ0n) is 11.6. The van der Waals surface area contributed by atoms with Crippen LogP contribution in [0.25, 0.3) is 0 Å². The Hall–Kier alpha value is -2.54. The summed E-state index contributed by atoms with van der Waals surface area (Å²) in [4.78, 5) is 2.33. The molecule has 0 bridgehead atoms. The van der Waals surface area contributed by atoms with Crippen LogP contribution in [-0.2, 0) is 10.0 Å². The standard InChI is InChI=1S/C15H14N2O4S/c18-22(19,13-6-2-1-3-7-13)17-16-11-12-5-4-8-14-15(12)21-10-9-20-14/h1-8,11,17H,9-10H2/b16-11-. The topological polar surface area (TPSA) is 77.0 Å². The molecule has 114 valence electrons. The van der Waals surface area contributed by atoms with Gasteiger partial charge in [-0.1, -0.05) is 24.3 Å². The van der Waals surface area contributed by atoms with Crippen LogP contribution in [0, 0.1) is 0 Å². The van der Waals surface area contributed by atoms with E-state index in [0.717, 1.165) is 0 Å².